The molecule has 0 unspecified atom stereocenters. The van der Waals surface area contributed by atoms with Crippen molar-refractivity contribution >= 4 is 147 Å². The molecule has 0 aromatic rings. The van der Waals surface area contributed by atoms with Gasteiger partial charge >= 0.3 is 0 Å². The number of hydrogen-bond acceptors (Lipinski definition) is 0. The van der Waals surface area contributed by atoms with Gasteiger partial charge < -0.3 is 0 Å². The molecule has 0 aliphatic heterocycles. The van der Waals surface area contributed by atoms with Gasteiger partial charge in [-0.25, -0.2) is 0 Å². The molecule has 0 atom stereocenters. The topological polar surface area (TPSA) is 0 Å². The molecule has 0 aliphatic carbocycles. The average molecular weight is 501 g/mol. The van der Waals surface area contributed by atoms with E-state index in [1.54, 1.807) is 0 Å². The second-order valence-corrected chi connectivity index (χ2v) is 0. The third kappa shape index (κ3) is 10.7. The average Bonchev–Trinajstić information content (AvgIpc) is 0. The fraction of sp³-hybridized carbons (Fsp3) is 0. The molecule has 4 heavy (non-hydrogen) atoms. The molecule has 0 aromatic carbocycles. The van der Waals surface area contributed by atoms with Gasteiger partial charge in [-0.15, -0.1) is 0 Å². The molecule has 9 valence electrons. The maximum atomic E-state index is 0. The van der Waals surface area contributed by atoms with E-state index in [-0.39, 0.29) is 179 Å². The van der Waals surface area contributed by atoms with Crippen molar-refractivity contribution in [3.05, 3.63) is 0 Å². The van der Waals surface area contributed by atoms with Crippen LogP contribution in [0, 0.1) is 0 Å². The molecule has 0 aliphatic rings. The molecule has 4 heteroatoms. The molecule has 0 spiro atoms. The van der Waals surface area contributed by atoms with Gasteiger partial charge in [0.1, 0.15) is 0 Å². The Morgan fingerprint density at radius 1 is 0.500 bits per heavy atom. The Morgan fingerprint density at radius 2 is 0.500 bits per heavy atom. The second-order valence-electron chi connectivity index (χ2n) is 0. The Hall–Kier alpha value is 5.82. The fourth-order valence-electron chi connectivity index (χ4n) is 0. The van der Waals surface area contributed by atoms with Crippen LogP contribution in [0.3, 0.4) is 0 Å². The van der Waals surface area contributed by atoms with Crippen molar-refractivity contribution in [1.29, 1.82) is 0 Å². The maximum absolute atomic E-state index is 0. The standard InChI is InChI=1S/3Ba.Y. The third-order valence-electron chi connectivity index (χ3n) is 0. The molecule has 0 heterocycles. The van der Waals surface area contributed by atoms with Crippen molar-refractivity contribution in [2.24, 2.45) is 0 Å². The molecule has 7 radical (unpaired) electrons. The molecule has 0 nitrogen and oxygen atoms in total. The Bertz CT molecular complexity index is 3.25. The van der Waals surface area contributed by atoms with Gasteiger partial charge in [0.05, 0.1) is 0 Å². The first-order chi connectivity index (χ1) is 0. The summed E-state index contributed by atoms with van der Waals surface area (Å²) >= 11 is 0. The van der Waals surface area contributed by atoms with Crippen molar-refractivity contribution in [3.63, 3.8) is 0 Å². The largest absolute Gasteiger partial charge is 0 e. The predicted molar refractivity (Wildman–Crippen MR) is 17.3 cm³/mol. The minimum atomic E-state index is 0. The first-order valence-corrected chi connectivity index (χ1v) is 0. The van der Waals surface area contributed by atoms with E-state index in [9.17, 15) is 0 Å². The molecule has 0 saturated heterocycles. The normalized spacial score (nSPS) is 0. The quantitative estimate of drug-likeness (QED) is 0.369. The minimum absolute atomic E-state index is 0. The Labute approximate surface area is 172 Å². The summed E-state index contributed by atoms with van der Waals surface area (Å²) < 4.78 is 0. The Balaban J connectivity index is 0. The summed E-state index contributed by atoms with van der Waals surface area (Å²) in [5.41, 5.74) is 0. The number of rotatable bonds is 0. The van der Waals surface area contributed by atoms with Crippen molar-refractivity contribution in [1.82, 2.24) is 0 Å². The van der Waals surface area contributed by atoms with Crippen LogP contribution < -0.4 is 0 Å². The van der Waals surface area contributed by atoms with Crippen LogP contribution in [0.25, 0.3) is 0 Å². The van der Waals surface area contributed by atoms with Crippen molar-refractivity contribution < 1.29 is 32.7 Å². The Kier molecular flexibility index (Phi) is 89.8. The smallest absolute Gasteiger partial charge is 0 e. The van der Waals surface area contributed by atoms with Crippen LogP contribution in [0.2, 0.25) is 0 Å². The second kappa shape index (κ2) is 15.9. The molecule has 0 bridgehead atoms. The Morgan fingerprint density at radius 3 is 0.500 bits per heavy atom. The third-order valence-corrected chi connectivity index (χ3v) is 0. The van der Waals surface area contributed by atoms with Crippen molar-refractivity contribution in [2.75, 3.05) is 0 Å². The van der Waals surface area contributed by atoms with E-state index in [1.165, 1.54) is 0 Å². The van der Waals surface area contributed by atoms with Crippen LogP contribution in [-0.4, -0.2) is 147 Å². The first-order valence-electron chi connectivity index (χ1n) is 0. The molecule has 0 amide bonds. The molecule has 0 N–H and O–H groups in total. The molecule has 0 saturated carbocycles. The van der Waals surface area contributed by atoms with Crippen molar-refractivity contribution in [3.8, 4) is 0 Å². The summed E-state index contributed by atoms with van der Waals surface area (Å²) in [4.78, 5) is 0. The zero-order valence-electron chi connectivity index (χ0n) is 2.70. The zero-order chi connectivity index (χ0) is 0. The van der Waals surface area contributed by atoms with E-state index in [0.717, 1.165) is 0 Å². The monoisotopic (exact) mass is 503 g/mol. The summed E-state index contributed by atoms with van der Waals surface area (Å²) in [7, 11) is 0. The van der Waals surface area contributed by atoms with Crippen LogP contribution in [-0.2, 0) is 32.7 Å². The van der Waals surface area contributed by atoms with Crippen LogP contribution in [0.4, 0.5) is 0 Å². The van der Waals surface area contributed by atoms with Gasteiger partial charge in [0, 0.05) is 179 Å². The number of hydrogen-bond donors (Lipinski definition) is 0. The van der Waals surface area contributed by atoms with E-state index >= 15 is 0 Å². The molecule has 0 fully saturated rings. The van der Waals surface area contributed by atoms with E-state index in [1.807, 2.05) is 0 Å². The van der Waals surface area contributed by atoms with E-state index in [2.05, 4.69) is 0 Å². The van der Waals surface area contributed by atoms with E-state index in [0.29, 0.717) is 0 Å². The van der Waals surface area contributed by atoms with Gasteiger partial charge in [0.15, 0.2) is 0 Å². The predicted octanol–water partition coefficient (Wildman–Crippen LogP) is -1.14. The van der Waals surface area contributed by atoms with Gasteiger partial charge in [-0.05, 0) is 0 Å². The van der Waals surface area contributed by atoms with E-state index < -0.39 is 0 Å². The molecule has 0 rings (SSSR count). The minimum Gasteiger partial charge on any atom is 0 e. The summed E-state index contributed by atoms with van der Waals surface area (Å²) in [6.45, 7) is 0. The maximum Gasteiger partial charge on any atom is 0 e. The SMILES string of the molecule is [Ba].[Ba].[Ba].[Y]. The summed E-state index contributed by atoms with van der Waals surface area (Å²) in [6.07, 6.45) is 0. The first kappa shape index (κ1) is 22.6. The molecular weight excluding hydrogens is 501 g/mol. The van der Waals surface area contributed by atoms with Crippen LogP contribution in [0.15, 0.2) is 0 Å². The fourth-order valence-corrected chi connectivity index (χ4v) is 0. The van der Waals surface area contributed by atoms with Gasteiger partial charge in [-0.2, -0.15) is 0 Å². The van der Waals surface area contributed by atoms with Crippen LogP contribution >= 0.6 is 0 Å². The van der Waals surface area contributed by atoms with Gasteiger partial charge in [0.2, 0.25) is 0 Å². The van der Waals surface area contributed by atoms with Gasteiger partial charge in [-0.1, -0.05) is 0 Å². The molecule has 0 aromatic heterocycles. The van der Waals surface area contributed by atoms with Gasteiger partial charge in [-0.3, -0.25) is 0 Å². The van der Waals surface area contributed by atoms with Crippen LogP contribution in [0.5, 0.6) is 0 Å². The van der Waals surface area contributed by atoms with Crippen LogP contribution in [0.1, 0.15) is 0 Å². The van der Waals surface area contributed by atoms with Crippen molar-refractivity contribution in [2.45, 2.75) is 0 Å². The summed E-state index contributed by atoms with van der Waals surface area (Å²) in [5, 5.41) is 0. The summed E-state index contributed by atoms with van der Waals surface area (Å²) in [6, 6.07) is 0. The zero-order valence-corrected chi connectivity index (χ0v) is 18.9. The summed E-state index contributed by atoms with van der Waals surface area (Å²) in [5.74, 6) is 0. The van der Waals surface area contributed by atoms with E-state index in [4.69, 9.17) is 0 Å². The van der Waals surface area contributed by atoms with Gasteiger partial charge in [0.25, 0.3) is 0 Å². The molecular formula is Ba3Y.